The number of nitro benzene ring substituents is 1. The quantitative estimate of drug-likeness (QED) is 0.630. The van der Waals surface area contributed by atoms with Gasteiger partial charge in [0.1, 0.15) is 0 Å². The summed E-state index contributed by atoms with van der Waals surface area (Å²) in [6.45, 7) is 0. The van der Waals surface area contributed by atoms with Crippen LogP contribution in [0.25, 0.3) is 0 Å². The van der Waals surface area contributed by atoms with Crippen molar-refractivity contribution in [2.24, 2.45) is 11.7 Å². The van der Waals surface area contributed by atoms with E-state index < -0.39 is 0 Å². The van der Waals surface area contributed by atoms with Crippen LogP contribution in [-0.2, 0) is 6.42 Å². The van der Waals surface area contributed by atoms with Crippen LogP contribution < -0.4 is 5.73 Å². The summed E-state index contributed by atoms with van der Waals surface area (Å²) in [6.07, 6.45) is 7.78. The molecule has 0 bridgehead atoms. The molecule has 4 nitrogen and oxygen atoms in total. The van der Waals surface area contributed by atoms with Crippen molar-refractivity contribution >= 4 is 5.69 Å². The maximum atomic E-state index is 10.9. The third kappa shape index (κ3) is 3.77. The van der Waals surface area contributed by atoms with Crippen molar-refractivity contribution in [1.82, 2.24) is 0 Å². The van der Waals surface area contributed by atoms with Crippen LogP contribution in [0.3, 0.4) is 0 Å². The van der Waals surface area contributed by atoms with Crippen LogP contribution in [0.1, 0.15) is 44.1 Å². The molecule has 0 aliphatic heterocycles. The molecule has 2 N–H and O–H groups in total. The predicted octanol–water partition coefficient (Wildman–Crippen LogP) is 3.44. The maximum absolute atomic E-state index is 10.9. The van der Waals surface area contributed by atoms with Crippen molar-refractivity contribution in [1.29, 1.82) is 0 Å². The Kier molecular flexibility index (Phi) is 4.91. The lowest BCUT2D eigenvalue weighted by Gasteiger charge is -2.18. The molecule has 1 atom stereocenters. The Morgan fingerprint density at radius 2 is 2.00 bits per heavy atom. The largest absolute Gasteiger partial charge is 0.327 e. The number of hydrogen-bond donors (Lipinski definition) is 1. The third-order valence-corrected chi connectivity index (χ3v) is 4.18. The minimum Gasteiger partial charge on any atom is -0.327 e. The first-order valence-electron chi connectivity index (χ1n) is 7.16. The topological polar surface area (TPSA) is 69.2 Å². The van der Waals surface area contributed by atoms with Crippen LogP contribution in [0, 0.1) is 16.0 Å². The number of rotatable bonds is 6. The van der Waals surface area contributed by atoms with E-state index in [-0.39, 0.29) is 16.7 Å². The van der Waals surface area contributed by atoms with Gasteiger partial charge in [-0.2, -0.15) is 0 Å². The lowest BCUT2D eigenvalue weighted by Crippen LogP contribution is -2.28. The molecule has 0 saturated heterocycles. The van der Waals surface area contributed by atoms with Gasteiger partial charge in [-0.1, -0.05) is 31.0 Å². The number of nitrogens with two attached hydrogens (primary N) is 1. The van der Waals surface area contributed by atoms with E-state index in [0.29, 0.717) is 5.92 Å². The predicted molar refractivity (Wildman–Crippen MR) is 76.0 cm³/mol. The lowest BCUT2D eigenvalue weighted by molar-refractivity contribution is -0.385. The molecule has 4 heteroatoms. The smallest absolute Gasteiger partial charge is 0.272 e. The van der Waals surface area contributed by atoms with Crippen molar-refractivity contribution in [3.8, 4) is 0 Å². The summed E-state index contributed by atoms with van der Waals surface area (Å²) in [5.74, 6) is 0.672. The van der Waals surface area contributed by atoms with Crippen LogP contribution in [0.5, 0.6) is 0 Å². The Morgan fingerprint density at radius 1 is 1.32 bits per heavy atom. The van der Waals surface area contributed by atoms with Crippen LogP contribution in [0.15, 0.2) is 24.3 Å². The van der Waals surface area contributed by atoms with Crippen molar-refractivity contribution in [2.75, 3.05) is 0 Å². The van der Waals surface area contributed by atoms with E-state index in [4.69, 9.17) is 5.73 Å². The van der Waals surface area contributed by atoms with Gasteiger partial charge in [0.2, 0.25) is 0 Å². The molecule has 2 rings (SSSR count). The molecule has 1 aliphatic rings. The summed E-state index contributed by atoms with van der Waals surface area (Å²) >= 11 is 0. The summed E-state index contributed by atoms with van der Waals surface area (Å²) < 4.78 is 0. The van der Waals surface area contributed by atoms with E-state index in [2.05, 4.69) is 0 Å². The standard InChI is InChI=1S/C15H22N2O2/c16-14(12-6-1-2-7-12)10-5-9-13-8-3-4-11-15(13)17(18)19/h3-4,8,11-12,14H,1-2,5-7,9-10,16H2. The van der Waals surface area contributed by atoms with Gasteiger partial charge in [-0.05, 0) is 38.0 Å². The fourth-order valence-corrected chi connectivity index (χ4v) is 3.05. The lowest BCUT2D eigenvalue weighted by atomic mass is 9.93. The Bertz CT molecular complexity index is 428. The average Bonchev–Trinajstić information content (AvgIpc) is 2.93. The third-order valence-electron chi connectivity index (χ3n) is 4.18. The van der Waals surface area contributed by atoms with E-state index >= 15 is 0 Å². The summed E-state index contributed by atoms with van der Waals surface area (Å²) in [7, 11) is 0. The van der Waals surface area contributed by atoms with Gasteiger partial charge in [0.15, 0.2) is 0 Å². The highest BCUT2D eigenvalue weighted by Crippen LogP contribution is 2.29. The van der Waals surface area contributed by atoms with Gasteiger partial charge in [0, 0.05) is 17.7 Å². The maximum Gasteiger partial charge on any atom is 0.272 e. The number of nitro groups is 1. The first-order valence-corrected chi connectivity index (χ1v) is 7.16. The molecule has 0 spiro atoms. The van der Waals surface area contributed by atoms with Crippen molar-refractivity contribution < 1.29 is 4.92 Å². The second-order valence-corrected chi connectivity index (χ2v) is 5.49. The molecule has 1 fully saturated rings. The Morgan fingerprint density at radius 3 is 2.68 bits per heavy atom. The normalized spacial score (nSPS) is 17.5. The van der Waals surface area contributed by atoms with Gasteiger partial charge in [-0.3, -0.25) is 10.1 Å². The van der Waals surface area contributed by atoms with Gasteiger partial charge in [0.25, 0.3) is 5.69 Å². The van der Waals surface area contributed by atoms with E-state index in [9.17, 15) is 10.1 Å². The number of benzene rings is 1. The zero-order valence-electron chi connectivity index (χ0n) is 11.3. The second-order valence-electron chi connectivity index (χ2n) is 5.49. The number of hydrogen-bond acceptors (Lipinski definition) is 3. The fourth-order valence-electron chi connectivity index (χ4n) is 3.05. The van der Waals surface area contributed by atoms with Gasteiger partial charge in [0.05, 0.1) is 4.92 Å². The number of para-hydroxylation sites is 1. The van der Waals surface area contributed by atoms with Gasteiger partial charge < -0.3 is 5.73 Å². The zero-order valence-corrected chi connectivity index (χ0v) is 11.3. The molecule has 0 heterocycles. The molecule has 1 aromatic rings. The summed E-state index contributed by atoms with van der Waals surface area (Å²) in [4.78, 5) is 10.6. The first-order chi connectivity index (χ1) is 9.18. The average molecular weight is 262 g/mol. The molecule has 1 aromatic carbocycles. The molecule has 1 aliphatic carbocycles. The van der Waals surface area contributed by atoms with Crippen LogP contribution >= 0.6 is 0 Å². The van der Waals surface area contributed by atoms with E-state index in [1.54, 1.807) is 12.1 Å². The Labute approximate surface area is 114 Å². The van der Waals surface area contributed by atoms with Crippen molar-refractivity contribution in [2.45, 2.75) is 51.0 Å². The van der Waals surface area contributed by atoms with E-state index in [1.807, 2.05) is 12.1 Å². The summed E-state index contributed by atoms with van der Waals surface area (Å²) in [5.41, 5.74) is 7.27. The van der Waals surface area contributed by atoms with Gasteiger partial charge in [-0.15, -0.1) is 0 Å². The van der Waals surface area contributed by atoms with Crippen LogP contribution in [-0.4, -0.2) is 11.0 Å². The molecular formula is C15H22N2O2. The highest BCUT2D eigenvalue weighted by molar-refractivity contribution is 5.39. The second kappa shape index (κ2) is 6.66. The van der Waals surface area contributed by atoms with Gasteiger partial charge >= 0.3 is 0 Å². The molecule has 104 valence electrons. The molecule has 19 heavy (non-hydrogen) atoms. The highest BCUT2D eigenvalue weighted by atomic mass is 16.6. The number of aryl methyl sites for hydroxylation is 1. The zero-order chi connectivity index (χ0) is 13.7. The Balaban J connectivity index is 1.83. The van der Waals surface area contributed by atoms with E-state index in [1.165, 1.54) is 25.7 Å². The summed E-state index contributed by atoms with van der Waals surface area (Å²) in [5, 5.41) is 10.9. The van der Waals surface area contributed by atoms with Crippen molar-refractivity contribution in [3.63, 3.8) is 0 Å². The minimum atomic E-state index is -0.299. The first kappa shape index (κ1) is 14.0. The SMILES string of the molecule is NC(CCCc1ccccc1[N+](=O)[O-])C1CCCC1. The molecule has 0 aromatic heterocycles. The fraction of sp³-hybridized carbons (Fsp3) is 0.600. The van der Waals surface area contributed by atoms with Crippen LogP contribution in [0.2, 0.25) is 0 Å². The molecule has 1 unspecified atom stereocenters. The van der Waals surface area contributed by atoms with Crippen molar-refractivity contribution in [3.05, 3.63) is 39.9 Å². The minimum absolute atomic E-state index is 0.233. The molecular weight excluding hydrogens is 240 g/mol. The summed E-state index contributed by atoms with van der Waals surface area (Å²) in [6, 6.07) is 7.27. The Hall–Kier alpha value is -1.42. The highest BCUT2D eigenvalue weighted by Gasteiger charge is 2.21. The number of nitrogens with zero attached hydrogens (tertiary/aromatic N) is 1. The van der Waals surface area contributed by atoms with E-state index in [0.717, 1.165) is 24.8 Å². The van der Waals surface area contributed by atoms with Crippen LogP contribution in [0.4, 0.5) is 5.69 Å². The molecule has 0 amide bonds. The molecule has 0 radical (unpaired) electrons. The molecule has 1 saturated carbocycles. The monoisotopic (exact) mass is 262 g/mol. The van der Waals surface area contributed by atoms with Gasteiger partial charge in [-0.25, -0.2) is 0 Å².